The van der Waals surface area contributed by atoms with Gasteiger partial charge in [0, 0.05) is 0 Å². The van der Waals surface area contributed by atoms with Crippen molar-refractivity contribution in [2.45, 2.75) is 20.0 Å². The quantitative estimate of drug-likeness (QED) is 0.918. The average Bonchev–Trinajstić information content (AvgIpc) is 2.36. The predicted molar refractivity (Wildman–Crippen MR) is 68.7 cm³/mol. The van der Waals surface area contributed by atoms with Crippen molar-refractivity contribution in [2.24, 2.45) is 0 Å². The van der Waals surface area contributed by atoms with Crippen LogP contribution >= 0.6 is 0 Å². The molecule has 0 aliphatic heterocycles. The van der Waals surface area contributed by atoms with E-state index in [0.717, 1.165) is 0 Å². The molecule has 0 aliphatic carbocycles. The van der Waals surface area contributed by atoms with E-state index in [1.165, 1.54) is 18.5 Å². The van der Waals surface area contributed by atoms with Crippen molar-refractivity contribution in [3.63, 3.8) is 0 Å². The number of benzene rings is 1. The van der Waals surface area contributed by atoms with Crippen LogP contribution in [-0.4, -0.2) is 16.1 Å². The van der Waals surface area contributed by atoms with Crippen LogP contribution < -0.4 is 15.2 Å². The highest BCUT2D eigenvalue weighted by Crippen LogP contribution is 2.31. The highest BCUT2D eigenvalue weighted by molar-refractivity contribution is 5.56. The van der Waals surface area contributed by atoms with E-state index in [1.807, 2.05) is 13.8 Å². The zero-order valence-electron chi connectivity index (χ0n) is 10.6. The molecule has 2 N–H and O–H groups in total. The third-order valence-electron chi connectivity index (χ3n) is 2.20. The molecule has 6 heteroatoms. The van der Waals surface area contributed by atoms with Crippen LogP contribution in [0, 0.1) is 5.82 Å². The predicted octanol–water partition coefficient (Wildman–Crippen LogP) is 2.78. The Labute approximate surface area is 110 Å². The maximum absolute atomic E-state index is 13.5. The molecule has 2 aromatic rings. The lowest BCUT2D eigenvalue weighted by atomic mass is 10.3. The highest BCUT2D eigenvalue weighted by Gasteiger charge is 2.14. The van der Waals surface area contributed by atoms with Gasteiger partial charge in [0.1, 0.15) is 6.33 Å². The maximum atomic E-state index is 13.5. The summed E-state index contributed by atoms with van der Waals surface area (Å²) in [4.78, 5) is 7.79. The van der Waals surface area contributed by atoms with Gasteiger partial charge in [0.05, 0.1) is 6.10 Å². The van der Waals surface area contributed by atoms with E-state index in [2.05, 4.69) is 9.97 Å². The molecule has 0 spiro atoms. The molecule has 1 heterocycles. The van der Waals surface area contributed by atoms with Gasteiger partial charge in [-0.2, -0.15) is 9.97 Å². The molecule has 0 saturated heterocycles. The van der Waals surface area contributed by atoms with Gasteiger partial charge in [0.2, 0.25) is 11.8 Å². The lowest BCUT2D eigenvalue weighted by Gasteiger charge is -2.13. The molecular formula is C13H14FN3O2. The molecule has 0 atom stereocenters. The van der Waals surface area contributed by atoms with E-state index >= 15 is 0 Å². The first-order valence-corrected chi connectivity index (χ1v) is 5.77. The summed E-state index contributed by atoms with van der Waals surface area (Å²) >= 11 is 0. The molecule has 0 amide bonds. The summed E-state index contributed by atoms with van der Waals surface area (Å²) in [5.41, 5.74) is 5.97. The van der Waals surface area contributed by atoms with Crippen LogP contribution in [0.1, 0.15) is 13.8 Å². The third-order valence-corrected chi connectivity index (χ3v) is 2.20. The van der Waals surface area contributed by atoms with E-state index < -0.39 is 5.82 Å². The van der Waals surface area contributed by atoms with Crippen LogP contribution in [0.5, 0.6) is 17.5 Å². The van der Waals surface area contributed by atoms with Crippen molar-refractivity contribution in [3.05, 3.63) is 36.4 Å². The van der Waals surface area contributed by atoms with Crippen molar-refractivity contribution in [2.75, 3.05) is 5.73 Å². The number of halogens is 1. The molecule has 0 fully saturated rings. The molecule has 0 saturated carbocycles. The minimum atomic E-state index is -0.494. The number of aromatic nitrogens is 2. The summed E-state index contributed by atoms with van der Waals surface area (Å²) in [6.07, 6.45) is 1.17. The number of ether oxygens (including phenoxy) is 2. The summed E-state index contributed by atoms with van der Waals surface area (Å²) in [7, 11) is 0. The van der Waals surface area contributed by atoms with Gasteiger partial charge in [-0.3, -0.25) is 0 Å². The second-order valence-electron chi connectivity index (χ2n) is 4.10. The SMILES string of the molecule is CC(C)Oc1ncnc(Oc2ccccc2F)c1N. The number of nitrogens with two attached hydrogens (primary N) is 1. The fourth-order valence-corrected chi connectivity index (χ4v) is 1.39. The largest absolute Gasteiger partial charge is 0.473 e. The van der Waals surface area contributed by atoms with Crippen LogP contribution in [0.2, 0.25) is 0 Å². The lowest BCUT2D eigenvalue weighted by Crippen LogP contribution is -2.10. The molecule has 100 valence electrons. The summed E-state index contributed by atoms with van der Waals surface area (Å²) in [6.45, 7) is 3.69. The monoisotopic (exact) mass is 263 g/mol. The van der Waals surface area contributed by atoms with Crippen molar-refractivity contribution in [1.29, 1.82) is 0 Å². The Hall–Kier alpha value is -2.37. The fraction of sp³-hybridized carbons (Fsp3) is 0.231. The van der Waals surface area contributed by atoms with Gasteiger partial charge in [-0.15, -0.1) is 0 Å². The van der Waals surface area contributed by atoms with Crippen molar-refractivity contribution < 1.29 is 13.9 Å². The van der Waals surface area contributed by atoms with Crippen molar-refractivity contribution in [3.8, 4) is 17.5 Å². The number of anilines is 1. The second kappa shape index (κ2) is 5.51. The van der Waals surface area contributed by atoms with Gasteiger partial charge in [0.25, 0.3) is 0 Å². The van der Waals surface area contributed by atoms with Crippen LogP contribution in [0.4, 0.5) is 10.1 Å². The molecule has 1 aromatic carbocycles. The summed E-state index contributed by atoms with van der Waals surface area (Å²) in [5, 5.41) is 0. The minimum Gasteiger partial charge on any atom is -0.473 e. The number of nitrogen functional groups attached to an aromatic ring is 1. The van der Waals surface area contributed by atoms with Gasteiger partial charge in [-0.05, 0) is 26.0 Å². The first-order valence-electron chi connectivity index (χ1n) is 5.77. The number of hydrogen-bond donors (Lipinski definition) is 1. The fourth-order valence-electron chi connectivity index (χ4n) is 1.39. The maximum Gasteiger partial charge on any atom is 0.249 e. The Balaban J connectivity index is 2.28. The molecule has 1 aromatic heterocycles. The lowest BCUT2D eigenvalue weighted by molar-refractivity contribution is 0.232. The van der Waals surface area contributed by atoms with E-state index in [0.29, 0.717) is 0 Å². The van der Waals surface area contributed by atoms with E-state index in [9.17, 15) is 4.39 Å². The van der Waals surface area contributed by atoms with Crippen molar-refractivity contribution in [1.82, 2.24) is 9.97 Å². The van der Waals surface area contributed by atoms with E-state index in [-0.39, 0.29) is 29.3 Å². The number of nitrogens with zero attached hydrogens (tertiary/aromatic N) is 2. The van der Waals surface area contributed by atoms with Crippen LogP contribution in [-0.2, 0) is 0 Å². The number of hydrogen-bond acceptors (Lipinski definition) is 5. The summed E-state index contributed by atoms with van der Waals surface area (Å²) in [6, 6.07) is 6.00. The third kappa shape index (κ3) is 3.09. The zero-order chi connectivity index (χ0) is 13.8. The first-order chi connectivity index (χ1) is 9.08. The highest BCUT2D eigenvalue weighted by atomic mass is 19.1. The molecular weight excluding hydrogens is 249 g/mol. The summed E-state index contributed by atoms with van der Waals surface area (Å²) in [5.74, 6) is -0.165. The topological polar surface area (TPSA) is 70.3 Å². The van der Waals surface area contributed by atoms with Crippen LogP contribution in [0.3, 0.4) is 0 Å². The Morgan fingerprint density at radius 3 is 2.53 bits per heavy atom. The van der Waals surface area contributed by atoms with Gasteiger partial charge in [0.15, 0.2) is 17.3 Å². The summed E-state index contributed by atoms with van der Waals surface area (Å²) < 4.78 is 24.2. The molecule has 0 radical (unpaired) electrons. The van der Waals surface area contributed by atoms with Crippen molar-refractivity contribution >= 4 is 5.69 Å². The molecule has 0 aliphatic rings. The Bertz CT molecular complexity index is 576. The Kier molecular flexibility index (Phi) is 3.79. The molecule has 19 heavy (non-hydrogen) atoms. The second-order valence-corrected chi connectivity index (χ2v) is 4.10. The number of rotatable bonds is 4. The average molecular weight is 263 g/mol. The Morgan fingerprint density at radius 2 is 1.84 bits per heavy atom. The molecule has 0 bridgehead atoms. The zero-order valence-corrected chi connectivity index (χ0v) is 10.6. The first kappa shape index (κ1) is 13.1. The molecule has 0 unspecified atom stereocenters. The van der Waals surface area contributed by atoms with Gasteiger partial charge < -0.3 is 15.2 Å². The molecule has 5 nitrogen and oxygen atoms in total. The standard InChI is InChI=1S/C13H14FN3O2/c1-8(2)18-12-11(15)13(17-7-16-12)19-10-6-4-3-5-9(10)14/h3-8H,15H2,1-2H3. The van der Waals surface area contributed by atoms with Gasteiger partial charge >= 0.3 is 0 Å². The van der Waals surface area contributed by atoms with Crippen LogP contribution in [0.25, 0.3) is 0 Å². The van der Waals surface area contributed by atoms with Gasteiger partial charge in [-0.25, -0.2) is 4.39 Å². The smallest absolute Gasteiger partial charge is 0.249 e. The number of para-hydroxylation sites is 1. The van der Waals surface area contributed by atoms with Gasteiger partial charge in [-0.1, -0.05) is 12.1 Å². The van der Waals surface area contributed by atoms with E-state index in [1.54, 1.807) is 12.1 Å². The minimum absolute atomic E-state index is 0.0448. The molecule has 2 rings (SSSR count). The van der Waals surface area contributed by atoms with E-state index in [4.69, 9.17) is 15.2 Å². The Morgan fingerprint density at radius 1 is 1.16 bits per heavy atom. The normalized spacial score (nSPS) is 10.5. The van der Waals surface area contributed by atoms with Crippen LogP contribution in [0.15, 0.2) is 30.6 Å².